The van der Waals surface area contributed by atoms with E-state index in [0.717, 1.165) is 0 Å². The summed E-state index contributed by atoms with van der Waals surface area (Å²) in [5.74, 6) is -0.619. The fourth-order valence-electron chi connectivity index (χ4n) is 0.758. The van der Waals surface area contributed by atoms with E-state index >= 15 is 0 Å². The van der Waals surface area contributed by atoms with Crippen LogP contribution in [0.1, 0.15) is 15.4 Å². The minimum absolute atomic E-state index is 0.145. The number of aryl methyl sites for hydroxylation is 1. The van der Waals surface area contributed by atoms with Gasteiger partial charge in [0.2, 0.25) is 4.34 Å². The van der Waals surface area contributed by atoms with Crippen LogP contribution in [-0.2, 0) is 13.8 Å². The highest BCUT2D eigenvalue weighted by molar-refractivity contribution is 8.15. The van der Waals surface area contributed by atoms with E-state index < -0.39 is 15.0 Å². The van der Waals surface area contributed by atoms with E-state index in [9.17, 15) is 13.2 Å². The van der Waals surface area contributed by atoms with Gasteiger partial charge in [-0.3, -0.25) is 0 Å². The van der Waals surface area contributed by atoms with E-state index in [2.05, 4.69) is 9.72 Å². The van der Waals surface area contributed by atoms with E-state index in [1.165, 1.54) is 14.0 Å². The second kappa shape index (κ2) is 3.84. The van der Waals surface area contributed by atoms with Crippen molar-refractivity contribution in [2.24, 2.45) is 0 Å². The van der Waals surface area contributed by atoms with Gasteiger partial charge >= 0.3 is 5.97 Å². The number of hydrogen-bond donors (Lipinski definition) is 0. The fraction of sp³-hybridized carbons (Fsp3) is 0.333. The van der Waals surface area contributed by atoms with Gasteiger partial charge in [0.25, 0.3) is 9.05 Å². The lowest BCUT2D eigenvalue weighted by atomic mass is 10.4. The third-order valence-corrected chi connectivity index (χ3v) is 4.42. The number of hydrogen-bond acceptors (Lipinski definition) is 6. The van der Waals surface area contributed by atoms with Crippen molar-refractivity contribution in [2.75, 3.05) is 7.11 Å². The monoisotopic (exact) mass is 255 g/mol. The van der Waals surface area contributed by atoms with Gasteiger partial charge in [-0.05, 0) is 6.92 Å². The zero-order valence-electron chi connectivity index (χ0n) is 7.27. The first kappa shape index (κ1) is 11.4. The first-order valence-corrected chi connectivity index (χ1v) is 6.49. The van der Waals surface area contributed by atoms with Crippen LogP contribution in [0.4, 0.5) is 0 Å². The average Bonchev–Trinajstić information content (AvgIpc) is 2.45. The smallest absolute Gasteiger partial charge is 0.350 e. The summed E-state index contributed by atoms with van der Waals surface area (Å²) in [6.45, 7) is 1.51. The molecule has 0 saturated carbocycles. The highest BCUT2D eigenvalue weighted by Crippen LogP contribution is 2.25. The van der Waals surface area contributed by atoms with Gasteiger partial charge in [0.1, 0.15) is 4.88 Å². The lowest BCUT2D eigenvalue weighted by molar-refractivity contribution is 0.0605. The Morgan fingerprint density at radius 1 is 1.57 bits per heavy atom. The number of esters is 1. The quantitative estimate of drug-likeness (QED) is 0.586. The molecule has 0 aliphatic rings. The van der Waals surface area contributed by atoms with Crippen molar-refractivity contribution >= 4 is 37.0 Å². The normalized spacial score (nSPS) is 11.4. The van der Waals surface area contributed by atoms with Crippen LogP contribution in [0.15, 0.2) is 4.34 Å². The summed E-state index contributed by atoms with van der Waals surface area (Å²) in [6.07, 6.45) is 0. The molecule has 0 spiro atoms. The van der Waals surface area contributed by atoms with Gasteiger partial charge in [0.15, 0.2) is 0 Å². The maximum atomic E-state index is 11.1. The molecule has 0 atom stereocenters. The number of methoxy groups -OCH3 is 1. The Kier molecular flexibility index (Phi) is 3.13. The number of nitrogens with zero attached hydrogens (tertiary/aromatic N) is 1. The van der Waals surface area contributed by atoms with Gasteiger partial charge in [-0.1, -0.05) is 11.3 Å². The third-order valence-electron chi connectivity index (χ3n) is 1.36. The van der Waals surface area contributed by atoms with Crippen LogP contribution >= 0.6 is 22.0 Å². The summed E-state index contributed by atoms with van der Waals surface area (Å²) in [5.41, 5.74) is 0.293. The van der Waals surface area contributed by atoms with Crippen molar-refractivity contribution in [2.45, 2.75) is 11.3 Å². The number of aromatic nitrogens is 1. The number of rotatable bonds is 2. The van der Waals surface area contributed by atoms with Crippen molar-refractivity contribution in [3.05, 3.63) is 10.6 Å². The van der Waals surface area contributed by atoms with Gasteiger partial charge in [-0.15, -0.1) is 0 Å². The molecule has 0 aliphatic heterocycles. The zero-order valence-corrected chi connectivity index (χ0v) is 9.66. The number of carbonyl (C=O) groups is 1. The maximum Gasteiger partial charge on any atom is 0.350 e. The predicted molar refractivity (Wildman–Crippen MR) is 51.2 cm³/mol. The first-order chi connectivity index (χ1) is 6.36. The molecular formula is C6H6ClNO4S2. The van der Waals surface area contributed by atoms with Crippen LogP contribution in [-0.4, -0.2) is 26.5 Å². The molecule has 1 heterocycles. The highest BCUT2D eigenvalue weighted by atomic mass is 35.7. The van der Waals surface area contributed by atoms with Crippen molar-refractivity contribution < 1.29 is 17.9 Å². The second-order valence-corrected chi connectivity index (χ2v) is 6.06. The Hall–Kier alpha value is -0.660. The van der Waals surface area contributed by atoms with Gasteiger partial charge in [-0.25, -0.2) is 18.2 Å². The molecule has 0 saturated heterocycles. The Labute approximate surface area is 89.1 Å². The van der Waals surface area contributed by atoms with Gasteiger partial charge < -0.3 is 4.74 Å². The molecule has 14 heavy (non-hydrogen) atoms. The molecule has 1 rings (SSSR count). The van der Waals surface area contributed by atoms with Crippen LogP contribution in [0.5, 0.6) is 0 Å². The lowest BCUT2D eigenvalue weighted by Gasteiger charge is -1.92. The number of halogens is 1. The van der Waals surface area contributed by atoms with Gasteiger partial charge in [0, 0.05) is 10.7 Å². The lowest BCUT2D eigenvalue weighted by Crippen LogP contribution is -1.99. The van der Waals surface area contributed by atoms with Crippen LogP contribution in [0.2, 0.25) is 0 Å². The molecule has 5 nitrogen and oxygen atoms in total. The molecule has 1 aromatic heterocycles. The summed E-state index contributed by atoms with van der Waals surface area (Å²) >= 11 is 0.694. The zero-order chi connectivity index (χ0) is 10.9. The minimum atomic E-state index is -3.87. The Morgan fingerprint density at radius 3 is 2.50 bits per heavy atom. The Balaban J connectivity index is 3.25. The maximum absolute atomic E-state index is 11.1. The van der Waals surface area contributed by atoms with E-state index in [-0.39, 0.29) is 9.22 Å². The van der Waals surface area contributed by atoms with Crippen LogP contribution in [0, 0.1) is 6.92 Å². The molecule has 1 aromatic rings. The van der Waals surface area contributed by atoms with Crippen molar-refractivity contribution in [3.63, 3.8) is 0 Å². The van der Waals surface area contributed by atoms with Crippen molar-refractivity contribution in [3.8, 4) is 0 Å². The van der Waals surface area contributed by atoms with Gasteiger partial charge in [-0.2, -0.15) is 0 Å². The van der Waals surface area contributed by atoms with Crippen molar-refractivity contribution in [1.29, 1.82) is 0 Å². The molecule has 0 fully saturated rings. The molecule has 0 radical (unpaired) electrons. The Morgan fingerprint density at radius 2 is 2.14 bits per heavy atom. The van der Waals surface area contributed by atoms with Crippen LogP contribution < -0.4 is 0 Å². The second-order valence-electron chi connectivity index (χ2n) is 2.32. The summed E-state index contributed by atoms with van der Waals surface area (Å²) in [5, 5.41) is 0. The molecule has 8 heteroatoms. The molecule has 0 aliphatic carbocycles. The third kappa shape index (κ3) is 2.23. The van der Waals surface area contributed by atoms with Crippen molar-refractivity contribution in [1.82, 2.24) is 4.98 Å². The molecule has 0 unspecified atom stereocenters. The summed E-state index contributed by atoms with van der Waals surface area (Å²) in [6, 6.07) is 0. The number of thiazole rings is 1. The highest BCUT2D eigenvalue weighted by Gasteiger charge is 2.22. The fourth-order valence-corrected chi connectivity index (χ4v) is 2.76. The van der Waals surface area contributed by atoms with E-state index in [0.29, 0.717) is 17.0 Å². The topological polar surface area (TPSA) is 73.3 Å². The molecule has 0 aromatic carbocycles. The molecule has 0 N–H and O–H groups in total. The van der Waals surface area contributed by atoms with E-state index in [1.807, 2.05) is 0 Å². The number of ether oxygens (including phenoxy) is 1. The van der Waals surface area contributed by atoms with Gasteiger partial charge in [0.05, 0.1) is 12.8 Å². The molecule has 78 valence electrons. The SMILES string of the molecule is COC(=O)c1sc(S(=O)(=O)Cl)nc1C. The van der Waals surface area contributed by atoms with E-state index in [4.69, 9.17) is 10.7 Å². The molecular weight excluding hydrogens is 250 g/mol. The molecule has 0 bridgehead atoms. The average molecular weight is 256 g/mol. The van der Waals surface area contributed by atoms with Crippen LogP contribution in [0.25, 0.3) is 0 Å². The van der Waals surface area contributed by atoms with E-state index in [1.54, 1.807) is 0 Å². The largest absolute Gasteiger partial charge is 0.465 e. The Bertz CT molecular complexity index is 464. The summed E-state index contributed by atoms with van der Waals surface area (Å²) in [7, 11) is 2.39. The standard InChI is InChI=1S/C6H6ClNO4S2/c1-3-4(5(9)12-2)13-6(8-3)14(7,10)11/h1-2H3. The number of carbonyl (C=O) groups excluding carboxylic acids is 1. The minimum Gasteiger partial charge on any atom is -0.465 e. The summed E-state index contributed by atoms with van der Waals surface area (Å²) in [4.78, 5) is 14.9. The first-order valence-electron chi connectivity index (χ1n) is 3.36. The molecule has 0 amide bonds. The van der Waals surface area contributed by atoms with Crippen LogP contribution in [0.3, 0.4) is 0 Å². The predicted octanol–water partition coefficient (Wildman–Crippen LogP) is 1.17. The summed E-state index contributed by atoms with van der Waals surface area (Å²) < 4.78 is 25.9.